The van der Waals surface area contributed by atoms with Gasteiger partial charge in [0.25, 0.3) is 10.0 Å². The van der Waals surface area contributed by atoms with Crippen molar-refractivity contribution < 1.29 is 13.2 Å². The second-order valence-corrected chi connectivity index (χ2v) is 8.00. The van der Waals surface area contributed by atoms with Crippen LogP contribution in [0.4, 0.5) is 17.2 Å². The third-order valence-corrected chi connectivity index (χ3v) is 5.65. The van der Waals surface area contributed by atoms with Crippen molar-refractivity contribution in [3.05, 3.63) is 71.9 Å². The van der Waals surface area contributed by atoms with E-state index in [0.29, 0.717) is 29.4 Å². The summed E-state index contributed by atoms with van der Waals surface area (Å²) in [7, 11) is -3.74. The van der Waals surface area contributed by atoms with Gasteiger partial charge in [-0.3, -0.25) is 4.72 Å². The van der Waals surface area contributed by atoms with Crippen LogP contribution >= 0.6 is 0 Å². The van der Waals surface area contributed by atoms with Gasteiger partial charge in [-0.1, -0.05) is 18.2 Å². The summed E-state index contributed by atoms with van der Waals surface area (Å²) >= 11 is 0. The largest absolute Gasteiger partial charge is 0.494 e. The molecule has 1 aromatic heterocycles. The predicted molar refractivity (Wildman–Crippen MR) is 112 cm³/mol. The molecule has 146 valence electrons. The van der Waals surface area contributed by atoms with Crippen LogP contribution in [0.15, 0.2) is 65.7 Å². The first kappa shape index (κ1) is 19.7. The molecule has 0 aliphatic rings. The van der Waals surface area contributed by atoms with Gasteiger partial charge in [0.05, 0.1) is 23.4 Å². The summed E-state index contributed by atoms with van der Waals surface area (Å²) in [5.41, 5.74) is 2.69. The fourth-order valence-corrected chi connectivity index (χ4v) is 4.13. The molecular weight excluding hydrogens is 374 g/mol. The van der Waals surface area contributed by atoms with Crippen molar-refractivity contribution in [3.63, 3.8) is 0 Å². The molecule has 0 aliphatic heterocycles. The van der Waals surface area contributed by atoms with Crippen molar-refractivity contribution in [1.82, 2.24) is 4.98 Å². The zero-order valence-corrected chi connectivity index (χ0v) is 16.9. The summed E-state index contributed by atoms with van der Waals surface area (Å²) in [5, 5.41) is 3.16. The number of sulfonamides is 1. The molecule has 0 aliphatic carbocycles. The summed E-state index contributed by atoms with van der Waals surface area (Å²) in [6.07, 6.45) is 1.49. The van der Waals surface area contributed by atoms with Gasteiger partial charge in [0.1, 0.15) is 11.6 Å². The van der Waals surface area contributed by atoms with Gasteiger partial charge in [-0.25, -0.2) is 13.4 Å². The number of aromatic nitrogens is 1. The fraction of sp³-hybridized carbons (Fsp3) is 0.190. The molecule has 3 rings (SSSR count). The molecule has 7 heteroatoms. The molecule has 28 heavy (non-hydrogen) atoms. The van der Waals surface area contributed by atoms with Crippen LogP contribution in [0.3, 0.4) is 0 Å². The Morgan fingerprint density at radius 3 is 2.36 bits per heavy atom. The predicted octanol–water partition coefficient (Wildman–Crippen LogP) is 4.64. The maximum absolute atomic E-state index is 12.8. The van der Waals surface area contributed by atoms with Crippen molar-refractivity contribution in [2.24, 2.45) is 0 Å². The summed E-state index contributed by atoms with van der Waals surface area (Å²) in [5.74, 6) is 1.32. The van der Waals surface area contributed by atoms with Crippen molar-refractivity contribution in [1.29, 1.82) is 0 Å². The number of hydrogen-bond donors (Lipinski definition) is 2. The minimum Gasteiger partial charge on any atom is -0.494 e. The van der Waals surface area contributed by atoms with Gasteiger partial charge in [0.2, 0.25) is 0 Å². The maximum Gasteiger partial charge on any atom is 0.262 e. The number of rotatable bonds is 7. The Morgan fingerprint density at radius 1 is 0.964 bits per heavy atom. The molecule has 2 aromatic carbocycles. The van der Waals surface area contributed by atoms with Crippen molar-refractivity contribution in [3.8, 4) is 5.75 Å². The van der Waals surface area contributed by atoms with Gasteiger partial charge >= 0.3 is 0 Å². The third-order valence-electron chi connectivity index (χ3n) is 4.12. The lowest BCUT2D eigenvalue weighted by Gasteiger charge is -2.14. The molecule has 0 bridgehead atoms. The number of benzene rings is 2. The lowest BCUT2D eigenvalue weighted by atomic mass is 10.1. The molecule has 0 amide bonds. The fourth-order valence-electron chi connectivity index (χ4n) is 2.77. The van der Waals surface area contributed by atoms with E-state index in [9.17, 15) is 8.42 Å². The number of nitrogens with one attached hydrogen (secondary N) is 2. The van der Waals surface area contributed by atoms with E-state index in [1.807, 2.05) is 44.2 Å². The van der Waals surface area contributed by atoms with Crippen LogP contribution < -0.4 is 14.8 Å². The summed E-state index contributed by atoms with van der Waals surface area (Å²) < 4.78 is 33.8. The molecule has 0 unspecified atom stereocenters. The van der Waals surface area contributed by atoms with Crippen LogP contribution in [-0.2, 0) is 10.0 Å². The van der Waals surface area contributed by atoms with Crippen LogP contribution in [0.25, 0.3) is 0 Å². The van der Waals surface area contributed by atoms with Crippen molar-refractivity contribution in [2.75, 3.05) is 16.6 Å². The van der Waals surface area contributed by atoms with Gasteiger partial charge in [-0.15, -0.1) is 0 Å². The van der Waals surface area contributed by atoms with Crippen molar-refractivity contribution in [2.45, 2.75) is 25.7 Å². The smallest absolute Gasteiger partial charge is 0.262 e. The molecule has 1 heterocycles. The van der Waals surface area contributed by atoms with E-state index in [0.717, 1.165) is 11.3 Å². The standard InChI is InChI=1S/C21H23N3O3S/c1-4-27-19-12-16(3)20(13-15(19)2)28(25,26)24-18-10-11-21(22-14-18)23-17-8-6-5-7-9-17/h5-14,24H,4H2,1-3H3,(H,22,23). The normalized spacial score (nSPS) is 11.1. The topological polar surface area (TPSA) is 80.3 Å². The number of pyridine rings is 1. The number of para-hydroxylation sites is 1. The van der Waals surface area contributed by atoms with E-state index < -0.39 is 10.0 Å². The highest BCUT2D eigenvalue weighted by Gasteiger charge is 2.19. The van der Waals surface area contributed by atoms with Gasteiger partial charge < -0.3 is 10.1 Å². The average molecular weight is 398 g/mol. The van der Waals surface area contributed by atoms with E-state index in [4.69, 9.17) is 4.74 Å². The van der Waals surface area contributed by atoms with Gasteiger partial charge in [0.15, 0.2) is 0 Å². The molecule has 0 radical (unpaired) electrons. The van der Waals surface area contributed by atoms with E-state index in [1.54, 1.807) is 31.2 Å². The zero-order chi connectivity index (χ0) is 20.1. The first-order valence-corrected chi connectivity index (χ1v) is 10.4. The Balaban J connectivity index is 1.78. The quantitative estimate of drug-likeness (QED) is 0.607. The highest BCUT2D eigenvalue weighted by atomic mass is 32.2. The second kappa shape index (κ2) is 8.31. The summed E-state index contributed by atoms with van der Waals surface area (Å²) in [6.45, 7) is 6.00. The molecule has 0 saturated carbocycles. The Kier molecular flexibility index (Phi) is 5.84. The van der Waals surface area contributed by atoms with Gasteiger partial charge in [-0.2, -0.15) is 0 Å². The SMILES string of the molecule is CCOc1cc(C)c(S(=O)(=O)Nc2ccc(Nc3ccccc3)nc2)cc1C. The van der Waals surface area contributed by atoms with E-state index >= 15 is 0 Å². The van der Waals surface area contributed by atoms with Crippen LogP contribution in [0.1, 0.15) is 18.1 Å². The maximum atomic E-state index is 12.8. The highest BCUT2D eigenvalue weighted by molar-refractivity contribution is 7.92. The molecule has 2 N–H and O–H groups in total. The lowest BCUT2D eigenvalue weighted by molar-refractivity contribution is 0.337. The molecule has 3 aromatic rings. The average Bonchev–Trinajstić information content (AvgIpc) is 2.67. The number of ether oxygens (including phenoxy) is 1. The molecular formula is C21H23N3O3S. The number of nitrogens with zero attached hydrogens (tertiary/aromatic N) is 1. The zero-order valence-electron chi connectivity index (χ0n) is 16.1. The van der Waals surface area contributed by atoms with Crippen molar-refractivity contribution >= 4 is 27.2 Å². The first-order valence-electron chi connectivity index (χ1n) is 8.94. The van der Waals surface area contributed by atoms with E-state index in [1.165, 1.54) is 6.20 Å². The molecule has 0 fully saturated rings. The van der Waals surface area contributed by atoms with Crippen LogP contribution in [0.5, 0.6) is 5.75 Å². The number of anilines is 3. The Morgan fingerprint density at radius 2 is 1.71 bits per heavy atom. The van der Waals surface area contributed by atoms with E-state index in [-0.39, 0.29) is 4.90 Å². The molecule has 6 nitrogen and oxygen atoms in total. The summed E-state index contributed by atoms with van der Waals surface area (Å²) in [4.78, 5) is 4.49. The highest BCUT2D eigenvalue weighted by Crippen LogP contribution is 2.27. The second-order valence-electron chi connectivity index (χ2n) is 6.34. The Bertz CT molecular complexity index is 1050. The van der Waals surface area contributed by atoms with Gasteiger partial charge in [0, 0.05) is 5.69 Å². The lowest BCUT2D eigenvalue weighted by Crippen LogP contribution is -2.15. The monoisotopic (exact) mass is 397 g/mol. The third kappa shape index (κ3) is 4.61. The van der Waals surface area contributed by atoms with E-state index in [2.05, 4.69) is 15.0 Å². The number of aryl methyl sites for hydroxylation is 2. The minimum absolute atomic E-state index is 0.222. The van der Waals surface area contributed by atoms with Gasteiger partial charge in [-0.05, 0) is 68.3 Å². The van der Waals surface area contributed by atoms with Crippen LogP contribution in [0.2, 0.25) is 0 Å². The number of hydrogen-bond acceptors (Lipinski definition) is 5. The summed E-state index contributed by atoms with van der Waals surface area (Å²) in [6, 6.07) is 16.4. The Hall–Kier alpha value is -3.06. The van der Waals surface area contributed by atoms with Crippen LogP contribution in [0, 0.1) is 13.8 Å². The molecule has 0 spiro atoms. The minimum atomic E-state index is -3.74. The molecule has 0 saturated heterocycles. The van der Waals surface area contributed by atoms with Crippen LogP contribution in [-0.4, -0.2) is 20.0 Å². The Labute approximate surface area is 165 Å². The molecule has 0 atom stereocenters. The first-order chi connectivity index (χ1) is 13.4.